The summed E-state index contributed by atoms with van der Waals surface area (Å²) < 4.78 is 3.14. The molecule has 5 aromatic rings. The Morgan fingerprint density at radius 2 is 1.77 bits per heavy atom. The van der Waals surface area contributed by atoms with Gasteiger partial charge in [-0.2, -0.15) is 11.8 Å². The highest BCUT2D eigenvalue weighted by atomic mass is 32.2. The second-order valence-electron chi connectivity index (χ2n) is 11.6. The maximum atomic E-state index is 13.7. The fourth-order valence-corrected chi connectivity index (χ4v) is 9.63. The van der Waals surface area contributed by atoms with E-state index < -0.39 is 5.97 Å². The summed E-state index contributed by atoms with van der Waals surface area (Å²) in [5.41, 5.74) is 7.04. The van der Waals surface area contributed by atoms with Crippen LogP contribution in [-0.2, 0) is 11.3 Å². The normalized spacial score (nSPS) is 16.4. The van der Waals surface area contributed by atoms with Crippen LogP contribution in [0.15, 0.2) is 36.4 Å². The van der Waals surface area contributed by atoms with E-state index in [2.05, 4.69) is 39.9 Å². The number of aryl methyl sites for hydroxylation is 2. The van der Waals surface area contributed by atoms with Crippen molar-refractivity contribution in [3.63, 3.8) is 0 Å². The first-order valence-corrected chi connectivity index (χ1v) is 17.8. The molecule has 222 valence electrons. The number of carbonyl (C=O) groups excluding carboxylic acids is 1. The second kappa shape index (κ2) is 11.7. The number of nitrogens with zero attached hydrogens (tertiary/aromatic N) is 4. The fourth-order valence-electron chi connectivity index (χ4n) is 6.72. The van der Waals surface area contributed by atoms with E-state index in [1.54, 1.807) is 17.4 Å². The van der Waals surface area contributed by atoms with Gasteiger partial charge in [0.2, 0.25) is 5.91 Å². The van der Waals surface area contributed by atoms with Gasteiger partial charge in [-0.1, -0.05) is 31.4 Å². The number of thiazole rings is 1. The van der Waals surface area contributed by atoms with Crippen molar-refractivity contribution in [3.05, 3.63) is 57.5 Å². The van der Waals surface area contributed by atoms with Crippen LogP contribution in [0.25, 0.3) is 42.9 Å². The first-order chi connectivity index (χ1) is 20.9. The Balaban J connectivity index is 1.39. The number of aromatic nitrogens is 3. The molecule has 43 heavy (non-hydrogen) atoms. The average molecular weight is 631 g/mol. The Hall–Kier alpha value is -3.21. The first-order valence-electron chi connectivity index (χ1n) is 15.0. The lowest BCUT2D eigenvalue weighted by atomic mass is 9.83. The summed E-state index contributed by atoms with van der Waals surface area (Å²) in [6, 6.07) is 12.4. The second-order valence-corrected chi connectivity index (χ2v) is 15.0. The van der Waals surface area contributed by atoms with Gasteiger partial charge in [-0.05, 0) is 68.0 Å². The minimum absolute atomic E-state index is 0.0963. The molecule has 1 saturated heterocycles. The van der Waals surface area contributed by atoms with E-state index in [0.29, 0.717) is 10.8 Å². The molecular weight excluding hydrogens is 597 g/mol. The minimum Gasteiger partial charge on any atom is -0.477 e. The van der Waals surface area contributed by atoms with E-state index in [-0.39, 0.29) is 12.5 Å². The molecule has 1 aliphatic carbocycles. The zero-order chi connectivity index (χ0) is 29.7. The maximum Gasteiger partial charge on any atom is 0.345 e. The number of aromatic carboxylic acids is 1. The van der Waals surface area contributed by atoms with Crippen LogP contribution in [0.5, 0.6) is 0 Å². The molecule has 0 radical (unpaired) electrons. The van der Waals surface area contributed by atoms with Crippen LogP contribution in [0.1, 0.15) is 64.0 Å². The van der Waals surface area contributed by atoms with Crippen molar-refractivity contribution in [2.45, 2.75) is 58.4 Å². The van der Waals surface area contributed by atoms with Crippen molar-refractivity contribution < 1.29 is 14.7 Å². The van der Waals surface area contributed by atoms with Crippen LogP contribution in [0.3, 0.4) is 0 Å². The molecular formula is C33H34N4O3S3. The van der Waals surface area contributed by atoms with Crippen LogP contribution < -0.4 is 0 Å². The highest BCUT2D eigenvalue weighted by Gasteiger charge is 2.30. The molecule has 4 aromatic heterocycles. The Morgan fingerprint density at radius 1 is 0.977 bits per heavy atom. The maximum absolute atomic E-state index is 13.7. The molecule has 10 heteroatoms. The van der Waals surface area contributed by atoms with E-state index in [1.807, 2.05) is 30.5 Å². The zero-order valence-electron chi connectivity index (χ0n) is 24.4. The molecule has 7 nitrogen and oxygen atoms in total. The molecule has 0 atom stereocenters. The van der Waals surface area contributed by atoms with Gasteiger partial charge in [0.05, 0.1) is 42.7 Å². The van der Waals surface area contributed by atoms with Gasteiger partial charge in [-0.25, -0.2) is 14.8 Å². The van der Waals surface area contributed by atoms with Gasteiger partial charge in [0, 0.05) is 30.0 Å². The van der Waals surface area contributed by atoms with Crippen LogP contribution in [0.4, 0.5) is 0 Å². The van der Waals surface area contributed by atoms with Gasteiger partial charge in [-0.3, -0.25) is 4.79 Å². The number of carboxylic acid groups (broad SMARTS) is 1. The third kappa shape index (κ3) is 5.38. The number of fused-ring (bicyclic) bond motifs is 2. The van der Waals surface area contributed by atoms with Crippen molar-refractivity contribution in [2.75, 3.05) is 24.6 Å². The number of amides is 1. The smallest absolute Gasteiger partial charge is 0.345 e. The van der Waals surface area contributed by atoms with Gasteiger partial charge in [0.15, 0.2) is 0 Å². The summed E-state index contributed by atoms with van der Waals surface area (Å²) in [5, 5.41) is 12.0. The quantitative estimate of drug-likeness (QED) is 0.205. The molecule has 1 saturated carbocycles. The number of thiophene rings is 1. The Labute approximate surface area is 263 Å². The molecule has 2 aliphatic rings. The van der Waals surface area contributed by atoms with Crippen molar-refractivity contribution in [1.82, 2.24) is 19.4 Å². The van der Waals surface area contributed by atoms with Gasteiger partial charge < -0.3 is 14.6 Å². The Morgan fingerprint density at radius 3 is 2.49 bits per heavy atom. The molecule has 1 aromatic carbocycles. The zero-order valence-corrected chi connectivity index (χ0v) is 26.8. The molecule has 1 N–H and O–H groups in total. The van der Waals surface area contributed by atoms with E-state index in [9.17, 15) is 14.7 Å². The molecule has 0 unspecified atom stereocenters. The highest BCUT2D eigenvalue weighted by molar-refractivity contribution is 7.99. The van der Waals surface area contributed by atoms with E-state index in [1.165, 1.54) is 36.2 Å². The summed E-state index contributed by atoms with van der Waals surface area (Å²) >= 11 is 4.91. The van der Waals surface area contributed by atoms with Crippen molar-refractivity contribution in [3.8, 4) is 21.8 Å². The molecule has 0 spiro atoms. The molecule has 2 fully saturated rings. The minimum atomic E-state index is -0.915. The number of carboxylic acids is 1. The summed E-state index contributed by atoms with van der Waals surface area (Å²) in [6.45, 7) is 5.77. The summed E-state index contributed by atoms with van der Waals surface area (Å²) in [4.78, 5) is 38.8. The number of hydrogen-bond acceptors (Lipinski definition) is 7. The van der Waals surface area contributed by atoms with Crippen molar-refractivity contribution in [2.24, 2.45) is 0 Å². The van der Waals surface area contributed by atoms with E-state index in [4.69, 9.17) is 4.98 Å². The molecule has 1 aliphatic heterocycles. The standard InChI is InChI=1S/C33H34N4O3S3/c1-19-31(42-20(2)34-19)25-11-8-22-16-23(9-10-24(22)35-25)30-29(21-6-4-3-5-7-21)32-26(17-27(43-32)33(39)40)37(30)18-28(38)36-12-14-41-15-13-36/h8-11,16-17,21H,3-7,12-15,18H2,1-2H3,(H,39,40). The van der Waals surface area contributed by atoms with E-state index >= 15 is 0 Å². The van der Waals surface area contributed by atoms with Crippen molar-refractivity contribution >= 4 is 67.4 Å². The predicted octanol–water partition coefficient (Wildman–Crippen LogP) is 7.98. The number of thioether (sulfide) groups is 1. The average Bonchev–Trinajstić information content (AvgIpc) is 3.69. The van der Waals surface area contributed by atoms with Crippen LogP contribution in [-0.4, -0.2) is 61.0 Å². The number of pyridine rings is 1. The number of carbonyl (C=O) groups is 2. The largest absolute Gasteiger partial charge is 0.477 e. The van der Waals surface area contributed by atoms with Gasteiger partial charge >= 0.3 is 5.97 Å². The first kappa shape index (κ1) is 28.6. The molecule has 5 heterocycles. The number of hydrogen-bond donors (Lipinski definition) is 1. The SMILES string of the molecule is Cc1nc(C)c(-c2ccc3cc(-c4c(C5CCCCC5)c5sc(C(=O)O)cc5n4CC(=O)N4CCSCC4)ccc3n2)s1. The Bertz CT molecular complexity index is 1860. The van der Waals surface area contributed by atoms with Crippen LogP contribution in [0, 0.1) is 13.8 Å². The topological polar surface area (TPSA) is 88.3 Å². The lowest BCUT2D eigenvalue weighted by Gasteiger charge is -2.27. The lowest BCUT2D eigenvalue weighted by Crippen LogP contribution is -2.39. The summed E-state index contributed by atoms with van der Waals surface area (Å²) in [7, 11) is 0. The summed E-state index contributed by atoms with van der Waals surface area (Å²) in [5.74, 6) is 1.42. The fraction of sp³-hybridized carbons (Fsp3) is 0.394. The van der Waals surface area contributed by atoms with Gasteiger partial charge in [-0.15, -0.1) is 22.7 Å². The number of rotatable bonds is 6. The summed E-state index contributed by atoms with van der Waals surface area (Å²) in [6.07, 6.45) is 5.72. The van der Waals surface area contributed by atoms with Crippen LogP contribution >= 0.6 is 34.4 Å². The lowest BCUT2D eigenvalue weighted by molar-refractivity contribution is -0.131. The number of benzene rings is 1. The third-order valence-electron chi connectivity index (χ3n) is 8.75. The Kier molecular flexibility index (Phi) is 7.77. The molecule has 1 amide bonds. The molecule has 7 rings (SSSR count). The van der Waals surface area contributed by atoms with Gasteiger partial charge in [0.1, 0.15) is 11.4 Å². The third-order valence-corrected chi connectivity index (χ3v) is 11.9. The van der Waals surface area contributed by atoms with Crippen molar-refractivity contribution in [1.29, 1.82) is 0 Å². The predicted molar refractivity (Wildman–Crippen MR) is 178 cm³/mol. The van der Waals surface area contributed by atoms with E-state index in [0.717, 1.165) is 91.1 Å². The highest BCUT2D eigenvalue weighted by Crippen LogP contribution is 2.47. The van der Waals surface area contributed by atoms with Crippen LogP contribution in [0.2, 0.25) is 0 Å². The monoisotopic (exact) mass is 630 g/mol. The van der Waals surface area contributed by atoms with Gasteiger partial charge in [0.25, 0.3) is 0 Å². The molecule has 0 bridgehead atoms.